The molecule has 2 aliphatic heterocycles. The van der Waals surface area contributed by atoms with Crippen LogP contribution < -0.4 is 9.64 Å². The van der Waals surface area contributed by atoms with Crippen molar-refractivity contribution in [2.24, 2.45) is 0 Å². The Kier molecular flexibility index (Phi) is 2.92. The van der Waals surface area contributed by atoms with E-state index in [1.54, 1.807) is 11.0 Å². The van der Waals surface area contributed by atoms with Gasteiger partial charge in [-0.05, 0) is 25.0 Å². The molecule has 0 aromatic heterocycles. The fourth-order valence-electron chi connectivity index (χ4n) is 3.19. The van der Waals surface area contributed by atoms with E-state index in [1.807, 2.05) is 13.0 Å². The second kappa shape index (κ2) is 4.51. The third kappa shape index (κ3) is 1.85. The van der Waals surface area contributed by atoms with Gasteiger partial charge in [0.1, 0.15) is 11.9 Å². The number of rotatable bonds is 1. The predicted octanol–water partition coefficient (Wildman–Crippen LogP) is 1.93. The van der Waals surface area contributed by atoms with Crippen LogP contribution in [0.25, 0.3) is 0 Å². The first-order valence-electron chi connectivity index (χ1n) is 6.82. The van der Waals surface area contributed by atoms with E-state index in [1.165, 1.54) is 6.92 Å². The monoisotopic (exact) mass is 275 g/mol. The number of benzene rings is 1. The number of hydrogen-bond donors (Lipinski definition) is 1. The van der Waals surface area contributed by atoms with Gasteiger partial charge in [0.15, 0.2) is 0 Å². The maximum absolute atomic E-state index is 11.9. The topological polar surface area (TPSA) is 66.8 Å². The first kappa shape index (κ1) is 13.0. The van der Waals surface area contributed by atoms with E-state index in [0.717, 1.165) is 22.6 Å². The number of amides is 1. The molecule has 2 atom stereocenters. The van der Waals surface area contributed by atoms with Crippen molar-refractivity contribution in [3.05, 3.63) is 23.3 Å². The molecule has 5 nitrogen and oxygen atoms in total. The van der Waals surface area contributed by atoms with Crippen LogP contribution >= 0.6 is 0 Å². The molecule has 2 aliphatic rings. The Labute approximate surface area is 117 Å². The van der Waals surface area contributed by atoms with Crippen molar-refractivity contribution in [1.29, 1.82) is 0 Å². The molecule has 0 fully saturated rings. The minimum absolute atomic E-state index is 0.0527. The number of hydrogen-bond acceptors (Lipinski definition) is 3. The zero-order valence-electron chi connectivity index (χ0n) is 11.5. The van der Waals surface area contributed by atoms with E-state index < -0.39 is 11.9 Å². The van der Waals surface area contributed by atoms with Crippen LogP contribution in [-0.4, -0.2) is 29.6 Å². The van der Waals surface area contributed by atoms with Gasteiger partial charge in [-0.2, -0.15) is 0 Å². The van der Waals surface area contributed by atoms with Crippen molar-refractivity contribution >= 4 is 17.6 Å². The number of nitrogens with zero attached hydrogens (tertiary/aromatic N) is 1. The van der Waals surface area contributed by atoms with E-state index in [-0.39, 0.29) is 12.0 Å². The predicted molar refractivity (Wildman–Crippen MR) is 73.3 cm³/mol. The molecule has 0 spiro atoms. The van der Waals surface area contributed by atoms with Crippen LogP contribution in [0.4, 0.5) is 5.69 Å². The van der Waals surface area contributed by atoms with Gasteiger partial charge in [0.25, 0.3) is 0 Å². The van der Waals surface area contributed by atoms with Crippen molar-refractivity contribution < 1.29 is 19.4 Å². The number of carbonyl (C=O) groups excluding carboxylic acids is 1. The average Bonchev–Trinajstić information content (AvgIpc) is 2.77. The van der Waals surface area contributed by atoms with E-state index >= 15 is 0 Å². The fraction of sp³-hybridized carbons (Fsp3) is 0.467. The molecule has 1 amide bonds. The summed E-state index contributed by atoms with van der Waals surface area (Å²) in [4.78, 5) is 25.0. The normalized spacial score (nSPS) is 23.8. The summed E-state index contributed by atoms with van der Waals surface area (Å²) in [6.07, 6.45) is 1.24. The zero-order chi connectivity index (χ0) is 14.4. The van der Waals surface area contributed by atoms with Crippen molar-refractivity contribution in [3.8, 4) is 5.75 Å². The van der Waals surface area contributed by atoms with Crippen LogP contribution in [0, 0.1) is 0 Å². The van der Waals surface area contributed by atoms with E-state index in [9.17, 15) is 14.7 Å². The van der Waals surface area contributed by atoms with Crippen LogP contribution in [0.2, 0.25) is 0 Å². The number of ether oxygens (including phenoxy) is 1. The van der Waals surface area contributed by atoms with Crippen LogP contribution in [0.1, 0.15) is 37.3 Å². The van der Waals surface area contributed by atoms with Gasteiger partial charge < -0.3 is 14.7 Å². The Balaban J connectivity index is 2.18. The Morgan fingerprint density at radius 3 is 2.80 bits per heavy atom. The summed E-state index contributed by atoms with van der Waals surface area (Å²) < 4.78 is 5.71. The van der Waals surface area contributed by atoms with E-state index in [0.29, 0.717) is 19.4 Å². The first-order chi connectivity index (χ1) is 9.49. The van der Waals surface area contributed by atoms with Crippen molar-refractivity contribution in [2.75, 3.05) is 11.4 Å². The molecule has 0 aliphatic carbocycles. The maximum Gasteiger partial charge on any atom is 0.311 e. The lowest BCUT2D eigenvalue weighted by atomic mass is 9.87. The number of fused-ring (bicyclic) bond motifs is 3. The van der Waals surface area contributed by atoms with Gasteiger partial charge in [-0.25, -0.2) is 0 Å². The number of carbonyl (C=O) groups is 2. The molecule has 2 heterocycles. The summed E-state index contributed by atoms with van der Waals surface area (Å²) >= 11 is 0. The minimum Gasteiger partial charge on any atom is -0.490 e. The molecule has 0 saturated carbocycles. The van der Waals surface area contributed by atoms with Crippen LogP contribution in [0.5, 0.6) is 5.75 Å². The summed E-state index contributed by atoms with van der Waals surface area (Å²) in [7, 11) is 0. The van der Waals surface area contributed by atoms with Gasteiger partial charge in [-0.15, -0.1) is 0 Å². The lowest BCUT2D eigenvalue weighted by Gasteiger charge is -2.33. The van der Waals surface area contributed by atoms with Gasteiger partial charge in [0, 0.05) is 25.5 Å². The molecule has 0 bridgehead atoms. The quantitative estimate of drug-likeness (QED) is 0.850. The van der Waals surface area contributed by atoms with Crippen LogP contribution in [0.15, 0.2) is 12.1 Å². The molecule has 20 heavy (non-hydrogen) atoms. The van der Waals surface area contributed by atoms with Crippen molar-refractivity contribution in [2.45, 2.75) is 38.7 Å². The third-order valence-electron chi connectivity index (χ3n) is 4.06. The van der Waals surface area contributed by atoms with Gasteiger partial charge >= 0.3 is 5.97 Å². The lowest BCUT2D eigenvalue weighted by molar-refractivity contribution is -0.139. The zero-order valence-corrected chi connectivity index (χ0v) is 11.5. The molecule has 0 saturated heterocycles. The molecule has 1 aromatic rings. The second-order valence-corrected chi connectivity index (χ2v) is 5.46. The largest absolute Gasteiger partial charge is 0.490 e. The molecule has 1 aromatic carbocycles. The average molecular weight is 275 g/mol. The Morgan fingerprint density at radius 2 is 2.15 bits per heavy atom. The highest BCUT2D eigenvalue weighted by atomic mass is 16.5. The van der Waals surface area contributed by atoms with Gasteiger partial charge in [-0.3, -0.25) is 9.59 Å². The van der Waals surface area contributed by atoms with Gasteiger partial charge in [0.2, 0.25) is 5.91 Å². The number of carboxylic acids is 1. The highest BCUT2D eigenvalue weighted by Gasteiger charge is 2.36. The third-order valence-corrected chi connectivity index (χ3v) is 4.06. The SMILES string of the molecule is CC(=O)N1CCC(C(=O)O)c2ccc3c(c21)CC(C)O3. The maximum atomic E-state index is 11.9. The highest BCUT2D eigenvalue weighted by molar-refractivity contribution is 5.96. The summed E-state index contributed by atoms with van der Waals surface area (Å²) in [5.74, 6) is -0.653. The van der Waals surface area contributed by atoms with E-state index in [2.05, 4.69) is 0 Å². The van der Waals surface area contributed by atoms with Gasteiger partial charge in [0.05, 0.1) is 11.6 Å². The Bertz CT molecular complexity index is 596. The summed E-state index contributed by atoms with van der Waals surface area (Å²) in [5.41, 5.74) is 2.46. The first-order valence-corrected chi connectivity index (χ1v) is 6.82. The number of aliphatic carboxylic acids is 1. The van der Waals surface area contributed by atoms with Crippen molar-refractivity contribution in [3.63, 3.8) is 0 Å². The second-order valence-electron chi connectivity index (χ2n) is 5.46. The Morgan fingerprint density at radius 1 is 1.40 bits per heavy atom. The fourth-order valence-corrected chi connectivity index (χ4v) is 3.19. The van der Waals surface area contributed by atoms with Crippen LogP contribution in [-0.2, 0) is 16.0 Å². The van der Waals surface area contributed by atoms with E-state index in [4.69, 9.17) is 4.74 Å². The molecule has 5 heteroatoms. The summed E-state index contributed by atoms with van der Waals surface area (Å²) in [5, 5.41) is 9.38. The molecule has 3 rings (SSSR count). The number of carboxylic acid groups (broad SMARTS) is 1. The highest BCUT2D eigenvalue weighted by Crippen LogP contribution is 2.45. The Hall–Kier alpha value is -2.04. The standard InChI is InChI=1S/C15H17NO4/c1-8-7-12-13(20-8)4-3-10-11(15(18)19)5-6-16(9(2)17)14(10)12/h3-4,8,11H,5-7H2,1-2H3,(H,18,19). The smallest absolute Gasteiger partial charge is 0.311 e. The summed E-state index contributed by atoms with van der Waals surface area (Å²) in [6.45, 7) is 3.94. The molecule has 1 N–H and O–H groups in total. The van der Waals surface area contributed by atoms with Crippen LogP contribution in [0.3, 0.4) is 0 Å². The molecule has 106 valence electrons. The van der Waals surface area contributed by atoms with Crippen molar-refractivity contribution in [1.82, 2.24) is 0 Å². The minimum atomic E-state index is -0.832. The molecule has 0 radical (unpaired) electrons. The molecule has 2 unspecified atom stereocenters. The summed E-state index contributed by atoms with van der Waals surface area (Å²) in [6, 6.07) is 3.62. The van der Waals surface area contributed by atoms with Gasteiger partial charge in [-0.1, -0.05) is 6.07 Å². The number of anilines is 1. The lowest BCUT2D eigenvalue weighted by Crippen LogP contribution is -2.37. The molecular weight excluding hydrogens is 258 g/mol. The molecular formula is C15H17NO4.